The molecule has 222 valence electrons. The summed E-state index contributed by atoms with van der Waals surface area (Å²) >= 11 is 0. The van der Waals surface area contributed by atoms with Crippen LogP contribution in [0.2, 0.25) is 0 Å². The fourth-order valence-corrected chi connectivity index (χ4v) is 6.73. The Bertz CT molecular complexity index is 1440. The second-order valence-electron chi connectivity index (χ2n) is 13.3. The van der Waals surface area contributed by atoms with Crippen LogP contribution in [-0.4, -0.2) is 35.0 Å². The molecule has 8 nitrogen and oxygen atoms in total. The van der Waals surface area contributed by atoms with Crippen molar-refractivity contribution in [2.75, 3.05) is 13.7 Å². The summed E-state index contributed by atoms with van der Waals surface area (Å²) < 4.78 is 11.8. The summed E-state index contributed by atoms with van der Waals surface area (Å²) in [7, 11) is 1.57. The highest BCUT2D eigenvalue weighted by Gasteiger charge is 2.48. The molecule has 0 fully saturated rings. The van der Waals surface area contributed by atoms with Crippen molar-refractivity contribution in [2.24, 2.45) is 10.8 Å². The first kappa shape index (κ1) is 29.5. The molecule has 2 aliphatic carbocycles. The van der Waals surface area contributed by atoms with Gasteiger partial charge in [-0.15, -0.1) is 0 Å². The molecule has 2 aromatic rings. The molecule has 0 bridgehead atoms. The van der Waals surface area contributed by atoms with E-state index >= 15 is 0 Å². The summed E-state index contributed by atoms with van der Waals surface area (Å²) in [6, 6.07) is 11.9. The monoisotopic (exact) mass is 572 g/mol. The van der Waals surface area contributed by atoms with Crippen LogP contribution in [0.4, 0.5) is 5.69 Å². The average molecular weight is 573 g/mol. The minimum Gasteiger partial charge on any atom is -0.493 e. The lowest BCUT2D eigenvalue weighted by Gasteiger charge is -2.49. The van der Waals surface area contributed by atoms with Crippen LogP contribution in [0.3, 0.4) is 0 Å². The highest BCUT2D eigenvalue weighted by Crippen LogP contribution is 2.55. The zero-order chi connectivity index (χ0) is 30.4. The third-order valence-electron chi connectivity index (χ3n) is 8.53. The smallest absolute Gasteiger partial charge is 0.269 e. The van der Waals surface area contributed by atoms with Gasteiger partial charge in [0, 0.05) is 60.0 Å². The zero-order valence-corrected chi connectivity index (χ0v) is 25.4. The second kappa shape index (κ2) is 11.0. The van der Waals surface area contributed by atoms with Crippen molar-refractivity contribution in [1.82, 2.24) is 4.90 Å². The molecule has 0 atom stereocenters. The Hall–Kier alpha value is -3.94. The van der Waals surface area contributed by atoms with Crippen LogP contribution in [0.5, 0.6) is 11.5 Å². The number of methoxy groups -OCH3 is 1. The van der Waals surface area contributed by atoms with Crippen molar-refractivity contribution in [3.63, 3.8) is 0 Å². The second-order valence-corrected chi connectivity index (χ2v) is 13.3. The molecule has 0 saturated carbocycles. The molecule has 0 aromatic heterocycles. The van der Waals surface area contributed by atoms with E-state index in [1.165, 1.54) is 12.1 Å². The number of Topliss-reactive ketones (excluding diaryl/α,β-unsaturated/α-hetero) is 2. The van der Waals surface area contributed by atoms with E-state index in [0.717, 1.165) is 59.5 Å². The molecule has 1 heterocycles. The molecule has 8 heteroatoms. The lowest BCUT2D eigenvalue weighted by molar-refractivity contribution is -0.384. The van der Waals surface area contributed by atoms with E-state index in [1.807, 2.05) is 18.2 Å². The SMILES string of the molecule is CCCN1C2=C(C(=O)CC(C)(C)C2)C(c2ccc(OCc3ccc([N+](=O)[O-])cc3)c(OC)c2)C2=C1CC(C)(C)CC2=O. The van der Waals surface area contributed by atoms with Crippen LogP contribution in [0, 0.1) is 20.9 Å². The zero-order valence-electron chi connectivity index (χ0n) is 25.4. The highest BCUT2D eigenvalue weighted by atomic mass is 16.6. The van der Waals surface area contributed by atoms with Gasteiger partial charge < -0.3 is 14.4 Å². The van der Waals surface area contributed by atoms with E-state index in [2.05, 4.69) is 39.5 Å². The molecule has 42 heavy (non-hydrogen) atoms. The van der Waals surface area contributed by atoms with Crippen LogP contribution < -0.4 is 9.47 Å². The first-order chi connectivity index (χ1) is 19.8. The van der Waals surface area contributed by atoms with E-state index < -0.39 is 10.8 Å². The summed E-state index contributed by atoms with van der Waals surface area (Å²) in [6.07, 6.45) is 3.36. The number of allylic oxidation sites excluding steroid dienone is 4. The molecule has 0 unspecified atom stereocenters. The number of hydrogen-bond acceptors (Lipinski definition) is 7. The molecule has 0 amide bonds. The largest absolute Gasteiger partial charge is 0.493 e. The van der Waals surface area contributed by atoms with E-state index in [1.54, 1.807) is 19.2 Å². The van der Waals surface area contributed by atoms with Gasteiger partial charge in [-0.2, -0.15) is 0 Å². The van der Waals surface area contributed by atoms with Crippen molar-refractivity contribution < 1.29 is 24.0 Å². The van der Waals surface area contributed by atoms with Crippen molar-refractivity contribution >= 4 is 17.3 Å². The summed E-state index contributed by atoms with van der Waals surface area (Å²) in [5.41, 5.74) is 4.94. The first-order valence-electron chi connectivity index (χ1n) is 14.7. The molecule has 0 saturated heterocycles. The van der Waals surface area contributed by atoms with Crippen molar-refractivity contribution in [3.05, 3.63) is 86.2 Å². The highest BCUT2D eigenvalue weighted by molar-refractivity contribution is 6.06. The van der Waals surface area contributed by atoms with E-state index in [4.69, 9.17) is 9.47 Å². The topological polar surface area (TPSA) is 99.0 Å². The van der Waals surface area contributed by atoms with Gasteiger partial charge in [0.1, 0.15) is 6.61 Å². The molecule has 2 aromatic carbocycles. The maximum Gasteiger partial charge on any atom is 0.269 e. The minimum atomic E-state index is -0.451. The number of non-ortho nitro benzene ring substituents is 1. The fraction of sp³-hybridized carbons (Fsp3) is 0.471. The average Bonchev–Trinajstić information content (AvgIpc) is 2.91. The molecule has 3 aliphatic rings. The Morgan fingerprint density at radius 2 is 1.45 bits per heavy atom. The van der Waals surface area contributed by atoms with Crippen LogP contribution in [-0.2, 0) is 16.2 Å². The maximum atomic E-state index is 13.9. The number of nitrogens with zero attached hydrogens (tertiary/aromatic N) is 2. The summed E-state index contributed by atoms with van der Waals surface area (Å²) in [6.45, 7) is 11.7. The number of rotatable bonds is 8. The molecule has 0 spiro atoms. The third-order valence-corrected chi connectivity index (χ3v) is 8.53. The Morgan fingerprint density at radius 1 is 0.881 bits per heavy atom. The van der Waals surface area contributed by atoms with Gasteiger partial charge in [-0.1, -0.05) is 40.7 Å². The van der Waals surface area contributed by atoms with Gasteiger partial charge in [0.2, 0.25) is 0 Å². The number of carbonyl (C=O) groups excluding carboxylic acids is 2. The third kappa shape index (κ3) is 5.59. The number of carbonyl (C=O) groups is 2. The number of ketones is 2. The summed E-state index contributed by atoms with van der Waals surface area (Å²) in [4.78, 5) is 40.7. The Kier molecular flexibility index (Phi) is 7.77. The van der Waals surface area contributed by atoms with E-state index in [-0.39, 0.29) is 34.7 Å². The lowest BCUT2D eigenvalue weighted by atomic mass is 9.63. The molecule has 1 aliphatic heterocycles. The number of hydrogen-bond donors (Lipinski definition) is 0. The van der Waals surface area contributed by atoms with Gasteiger partial charge >= 0.3 is 0 Å². The van der Waals surface area contributed by atoms with Crippen LogP contribution in [0.1, 0.15) is 83.8 Å². The van der Waals surface area contributed by atoms with Gasteiger partial charge in [0.25, 0.3) is 5.69 Å². The van der Waals surface area contributed by atoms with Gasteiger partial charge in [-0.3, -0.25) is 19.7 Å². The standard InChI is InChI=1S/C34H40N2O6/c1-7-14-35-24-16-33(2,3)18-26(37)31(24)30(32-25(35)17-34(4,5)19-27(32)38)22-10-13-28(29(15-22)41-6)42-20-21-8-11-23(12-9-21)36(39)40/h8-13,15,30H,7,14,16-20H2,1-6H3. The molecule has 0 radical (unpaired) electrons. The predicted molar refractivity (Wildman–Crippen MR) is 160 cm³/mol. The summed E-state index contributed by atoms with van der Waals surface area (Å²) in [5.74, 6) is 0.774. The van der Waals surface area contributed by atoms with Gasteiger partial charge in [-0.25, -0.2) is 0 Å². The van der Waals surface area contributed by atoms with E-state index in [9.17, 15) is 19.7 Å². The molecular weight excluding hydrogens is 532 g/mol. The first-order valence-corrected chi connectivity index (χ1v) is 14.7. The van der Waals surface area contributed by atoms with Crippen LogP contribution >= 0.6 is 0 Å². The summed E-state index contributed by atoms with van der Waals surface area (Å²) in [5, 5.41) is 11.0. The fourth-order valence-electron chi connectivity index (χ4n) is 6.73. The van der Waals surface area contributed by atoms with Crippen molar-refractivity contribution in [3.8, 4) is 11.5 Å². The van der Waals surface area contributed by atoms with Crippen molar-refractivity contribution in [2.45, 2.75) is 79.2 Å². The van der Waals surface area contributed by atoms with Crippen molar-refractivity contribution in [1.29, 1.82) is 0 Å². The van der Waals surface area contributed by atoms with Gasteiger partial charge in [0.15, 0.2) is 23.1 Å². The van der Waals surface area contributed by atoms with E-state index in [0.29, 0.717) is 24.3 Å². The number of nitro benzene ring substituents is 1. The molecule has 5 rings (SSSR count). The minimum absolute atomic E-state index is 0.0225. The number of benzene rings is 2. The Morgan fingerprint density at radius 3 is 1.95 bits per heavy atom. The Balaban J connectivity index is 1.57. The number of ether oxygens (including phenoxy) is 2. The Labute approximate surface area is 247 Å². The van der Waals surface area contributed by atoms with Crippen LogP contribution in [0.25, 0.3) is 0 Å². The quantitative estimate of drug-likeness (QED) is 0.242. The lowest BCUT2D eigenvalue weighted by Crippen LogP contribution is -2.44. The van der Waals surface area contributed by atoms with Gasteiger partial charge in [0.05, 0.1) is 12.0 Å². The maximum absolute atomic E-state index is 13.9. The normalized spacial score (nSPS) is 19.9. The predicted octanol–water partition coefficient (Wildman–Crippen LogP) is 7.28. The molecule has 0 N–H and O–H groups in total. The number of nitro groups is 1. The van der Waals surface area contributed by atoms with Gasteiger partial charge in [-0.05, 0) is 65.5 Å². The molecular formula is C34H40N2O6. The van der Waals surface area contributed by atoms with Crippen LogP contribution in [0.15, 0.2) is 65.0 Å².